The van der Waals surface area contributed by atoms with Gasteiger partial charge in [0.1, 0.15) is 0 Å². The lowest BCUT2D eigenvalue weighted by molar-refractivity contribution is -0.122. The van der Waals surface area contributed by atoms with Crippen LogP contribution in [0.2, 0.25) is 0 Å². The molecule has 9 heteroatoms. The van der Waals surface area contributed by atoms with E-state index in [1.54, 1.807) is 67.6 Å². The average molecular weight is 565 g/mol. The summed E-state index contributed by atoms with van der Waals surface area (Å²) in [6, 6.07) is 29.2. The van der Waals surface area contributed by atoms with Crippen LogP contribution in [0.25, 0.3) is 0 Å². The summed E-state index contributed by atoms with van der Waals surface area (Å²) < 4.78 is 4.98. The largest absolute Gasteiger partial charge is 0.462 e. The zero-order chi connectivity index (χ0) is 29.9. The predicted molar refractivity (Wildman–Crippen MR) is 164 cm³/mol. The first-order chi connectivity index (χ1) is 20.3. The van der Waals surface area contributed by atoms with Gasteiger partial charge in [-0.1, -0.05) is 48.5 Å². The average Bonchev–Trinajstić information content (AvgIpc) is 2.99. The van der Waals surface area contributed by atoms with Gasteiger partial charge in [0.25, 0.3) is 0 Å². The van der Waals surface area contributed by atoms with Crippen LogP contribution in [0.4, 0.5) is 27.5 Å². The molecule has 4 aromatic rings. The van der Waals surface area contributed by atoms with Crippen LogP contribution in [-0.2, 0) is 14.3 Å². The molecule has 4 N–H and O–H groups in total. The number of esters is 1. The molecular formula is C33H32N4O5. The molecule has 0 aliphatic heterocycles. The van der Waals surface area contributed by atoms with Crippen LogP contribution >= 0.6 is 0 Å². The van der Waals surface area contributed by atoms with Crippen molar-refractivity contribution in [1.29, 1.82) is 0 Å². The Hall–Kier alpha value is -5.44. The van der Waals surface area contributed by atoms with Gasteiger partial charge in [-0.2, -0.15) is 0 Å². The molecule has 9 nitrogen and oxygen atoms in total. The molecule has 42 heavy (non-hydrogen) atoms. The Morgan fingerprint density at radius 2 is 1.24 bits per heavy atom. The molecule has 0 radical (unpaired) electrons. The zero-order valence-corrected chi connectivity index (χ0v) is 23.3. The molecular weight excluding hydrogens is 532 g/mol. The Balaban J connectivity index is 1.38. The van der Waals surface area contributed by atoms with E-state index in [1.807, 2.05) is 49.4 Å². The second kappa shape index (κ2) is 14.3. The van der Waals surface area contributed by atoms with Crippen LogP contribution < -0.4 is 21.3 Å². The molecule has 0 bridgehead atoms. The molecule has 0 aliphatic carbocycles. The Kier molecular flexibility index (Phi) is 10.0. The van der Waals surface area contributed by atoms with Crippen molar-refractivity contribution in [2.45, 2.75) is 26.2 Å². The number of benzene rings is 4. The number of hydrogen-bond donors (Lipinski definition) is 4. The van der Waals surface area contributed by atoms with Gasteiger partial charge in [-0.3, -0.25) is 9.59 Å². The Morgan fingerprint density at radius 1 is 0.667 bits per heavy atom. The normalized spacial score (nSPS) is 11.1. The standard InChI is InChI=1S/C33H32N4O5/c1-3-42-32(40)24-13-15-25(16-14-24)34-30(38)21-28(23-10-5-4-6-11-23)31(39)35-26-17-19-27(20-18-26)36-33(41)37-29-12-8-7-9-22(29)2/h4-20,28H,3,21H2,1-2H3,(H,34,38)(H,35,39)(H2,36,37,41). The van der Waals surface area contributed by atoms with Gasteiger partial charge >= 0.3 is 12.0 Å². The molecule has 0 saturated carbocycles. The molecule has 4 aromatic carbocycles. The predicted octanol–water partition coefficient (Wildman–Crippen LogP) is 6.57. The minimum atomic E-state index is -0.761. The Labute approximate surface area is 244 Å². The lowest BCUT2D eigenvalue weighted by Gasteiger charge is -2.18. The summed E-state index contributed by atoms with van der Waals surface area (Å²) in [6.45, 7) is 3.91. The summed E-state index contributed by atoms with van der Waals surface area (Å²) in [7, 11) is 0. The lowest BCUT2D eigenvalue weighted by atomic mass is 9.94. The topological polar surface area (TPSA) is 126 Å². The smallest absolute Gasteiger partial charge is 0.338 e. The van der Waals surface area contributed by atoms with Crippen molar-refractivity contribution >= 4 is 46.6 Å². The molecule has 214 valence electrons. The van der Waals surface area contributed by atoms with Gasteiger partial charge in [-0.25, -0.2) is 9.59 Å². The van der Waals surface area contributed by atoms with E-state index in [-0.39, 0.29) is 30.9 Å². The highest BCUT2D eigenvalue weighted by Crippen LogP contribution is 2.24. The number of rotatable bonds is 10. The molecule has 0 fully saturated rings. The lowest BCUT2D eigenvalue weighted by Crippen LogP contribution is -2.26. The molecule has 0 aromatic heterocycles. The molecule has 4 amide bonds. The molecule has 0 saturated heterocycles. The second-order valence-electron chi connectivity index (χ2n) is 9.47. The number of aryl methyl sites for hydroxylation is 1. The quantitative estimate of drug-likeness (QED) is 0.162. The first-order valence-corrected chi connectivity index (χ1v) is 13.5. The highest BCUT2D eigenvalue weighted by atomic mass is 16.5. The number of urea groups is 1. The van der Waals surface area contributed by atoms with E-state index in [4.69, 9.17) is 4.74 Å². The van der Waals surface area contributed by atoms with Crippen molar-refractivity contribution in [2.75, 3.05) is 27.9 Å². The zero-order valence-electron chi connectivity index (χ0n) is 23.3. The minimum absolute atomic E-state index is 0.103. The number of nitrogens with one attached hydrogen (secondary N) is 4. The van der Waals surface area contributed by atoms with E-state index in [0.717, 1.165) is 5.56 Å². The van der Waals surface area contributed by atoms with Crippen LogP contribution in [-0.4, -0.2) is 30.4 Å². The highest BCUT2D eigenvalue weighted by molar-refractivity contribution is 6.02. The maximum absolute atomic E-state index is 13.4. The molecule has 0 heterocycles. The number of anilines is 4. The van der Waals surface area contributed by atoms with Gasteiger partial charge in [0.05, 0.1) is 18.1 Å². The molecule has 1 atom stereocenters. The number of ether oxygens (including phenoxy) is 1. The van der Waals surface area contributed by atoms with Gasteiger partial charge in [0.15, 0.2) is 0 Å². The van der Waals surface area contributed by atoms with E-state index < -0.39 is 11.9 Å². The van der Waals surface area contributed by atoms with E-state index in [0.29, 0.717) is 33.9 Å². The third-order valence-electron chi connectivity index (χ3n) is 6.39. The second-order valence-corrected chi connectivity index (χ2v) is 9.47. The van der Waals surface area contributed by atoms with Gasteiger partial charge in [0.2, 0.25) is 11.8 Å². The van der Waals surface area contributed by atoms with Crippen LogP contribution in [0.5, 0.6) is 0 Å². The maximum Gasteiger partial charge on any atom is 0.338 e. The Morgan fingerprint density at radius 3 is 1.88 bits per heavy atom. The number of carbonyl (C=O) groups is 4. The third kappa shape index (κ3) is 8.28. The van der Waals surface area contributed by atoms with E-state index >= 15 is 0 Å². The van der Waals surface area contributed by atoms with Crippen molar-refractivity contribution in [3.05, 3.63) is 120 Å². The van der Waals surface area contributed by atoms with Gasteiger partial charge < -0.3 is 26.0 Å². The minimum Gasteiger partial charge on any atom is -0.462 e. The van der Waals surface area contributed by atoms with Crippen molar-refractivity contribution in [2.24, 2.45) is 0 Å². The van der Waals surface area contributed by atoms with Crippen LogP contribution in [0.3, 0.4) is 0 Å². The van der Waals surface area contributed by atoms with Crippen LogP contribution in [0, 0.1) is 6.92 Å². The Bertz CT molecular complexity index is 1540. The summed E-state index contributed by atoms with van der Waals surface area (Å²) in [5, 5.41) is 11.2. The molecule has 1 unspecified atom stereocenters. The van der Waals surface area contributed by atoms with Crippen molar-refractivity contribution in [3.63, 3.8) is 0 Å². The first kappa shape index (κ1) is 29.5. The summed E-state index contributed by atoms with van der Waals surface area (Å²) in [6.07, 6.45) is -0.103. The first-order valence-electron chi connectivity index (χ1n) is 13.5. The van der Waals surface area contributed by atoms with Crippen LogP contribution in [0.15, 0.2) is 103 Å². The van der Waals surface area contributed by atoms with Crippen molar-refractivity contribution in [3.8, 4) is 0 Å². The highest BCUT2D eigenvalue weighted by Gasteiger charge is 2.24. The van der Waals surface area contributed by atoms with E-state index in [2.05, 4.69) is 21.3 Å². The number of carbonyl (C=O) groups excluding carboxylic acids is 4. The van der Waals surface area contributed by atoms with Gasteiger partial charge in [-0.05, 0) is 79.6 Å². The van der Waals surface area contributed by atoms with Crippen molar-refractivity contribution < 1.29 is 23.9 Å². The third-order valence-corrected chi connectivity index (χ3v) is 6.39. The number of para-hydroxylation sites is 1. The molecule has 4 rings (SSSR count). The fraction of sp³-hybridized carbons (Fsp3) is 0.152. The van der Waals surface area contributed by atoms with Gasteiger partial charge in [0, 0.05) is 29.2 Å². The summed E-state index contributed by atoms with van der Waals surface area (Å²) in [5.74, 6) is -1.91. The molecule has 0 spiro atoms. The molecule has 0 aliphatic rings. The summed E-state index contributed by atoms with van der Waals surface area (Å²) in [4.78, 5) is 50.6. The van der Waals surface area contributed by atoms with Gasteiger partial charge in [-0.15, -0.1) is 0 Å². The van der Waals surface area contributed by atoms with Crippen LogP contribution in [0.1, 0.15) is 40.7 Å². The van der Waals surface area contributed by atoms with Crippen molar-refractivity contribution in [1.82, 2.24) is 0 Å². The number of amides is 4. The SMILES string of the molecule is CCOC(=O)c1ccc(NC(=O)CC(C(=O)Nc2ccc(NC(=O)Nc3ccccc3C)cc2)c2ccccc2)cc1. The summed E-state index contributed by atoms with van der Waals surface area (Å²) >= 11 is 0. The number of hydrogen-bond acceptors (Lipinski definition) is 5. The van der Waals surface area contributed by atoms with E-state index in [9.17, 15) is 19.2 Å². The monoisotopic (exact) mass is 564 g/mol. The maximum atomic E-state index is 13.4. The summed E-state index contributed by atoms with van der Waals surface area (Å²) in [5.41, 5.74) is 4.28. The fourth-order valence-corrected chi connectivity index (χ4v) is 4.21. The van der Waals surface area contributed by atoms with E-state index in [1.165, 1.54) is 0 Å². The fourth-order valence-electron chi connectivity index (χ4n) is 4.21.